The second-order valence-corrected chi connectivity index (χ2v) is 6.87. The van der Waals surface area contributed by atoms with Crippen molar-refractivity contribution in [1.82, 2.24) is 5.32 Å². The SMILES string of the molecule is CCCCCCCCCNC(=O)CCC1CCCCCC1. The van der Waals surface area contributed by atoms with Crippen molar-refractivity contribution in [3.63, 3.8) is 0 Å². The molecule has 0 atom stereocenters. The second-order valence-electron chi connectivity index (χ2n) is 6.87. The summed E-state index contributed by atoms with van der Waals surface area (Å²) in [6.45, 7) is 3.14. The molecule has 0 aromatic carbocycles. The minimum atomic E-state index is 0.283. The first-order chi connectivity index (χ1) is 10.3. The molecule has 124 valence electrons. The zero-order chi connectivity index (χ0) is 15.2. The fraction of sp³-hybridized carbons (Fsp3) is 0.947. The summed E-state index contributed by atoms with van der Waals surface area (Å²) in [5.74, 6) is 1.10. The van der Waals surface area contributed by atoms with E-state index in [1.54, 1.807) is 0 Å². The number of unbranched alkanes of at least 4 members (excludes halogenated alkanes) is 6. The number of amides is 1. The predicted octanol–water partition coefficient (Wildman–Crippen LogP) is 5.60. The second kappa shape index (κ2) is 13.2. The summed E-state index contributed by atoms with van der Waals surface area (Å²) in [5.41, 5.74) is 0. The van der Waals surface area contributed by atoms with Crippen molar-refractivity contribution in [2.75, 3.05) is 6.54 Å². The van der Waals surface area contributed by atoms with Crippen LogP contribution in [0.3, 0.4) is 0 Å². The largest absolute Gasteiger partial charge is 0.356 e. The number of carbonyl (C=O) groups is 1. The van der Waals surface area contributed by atoms with Gasteiger partial charge in [0.05, 0.1) is 0 Å². The molecule has 0 bridgehead atoms. The van der Waals surface area contributed by atoms with E-state index >= 15 is 0 Å². The zero-order valence-corrected chi connectivity index (χ0v) is 14.3. The molecular weight excluding hydrogens is 258 g/mol. The predicted molar refractivity (Wildman–Crippen MR) is 91.4 cm³/mol. The van der Waals surface area contributed by atoms with Crippen LogP contribution in [0.4, 0.5) is 0 Å². The van der Waals surface area contributed by atoms with Crippen LogP contribution in [0.1, 0.15) is 103 Å². The molecule has 1 fully saturated rings. The Morgan fingerprint density at radius 2 is 1.52 bits per heavy atom. The number of nitrogens with one attached hydrogen (secondary N) is 1. The lowest BCUT2D eigenvalue weighted by Gasteiger charge is -2.13. The van der Waals surface area contributed by atoms with E-state index in [4.69, 9.17) is 0 Å². The van der Waals surface area contributed by atoms with Gasteiger partial charge in [-0.25, -0.2) is 0 Å². The van der Waals surface area contributed by atoms with Gasteiger partial charge in [0.2, 0.25) is 5.91 Å². The molecule has 1 aliphatic rings. The van der Waals surface area contributed by atoms with Gasteiger partial charge in [0.1, 0.15) is 0 Å². The van der Waals surface area contributed by atoms with Crippen LogP contribution in [-0.2, 0) is 4.79 Å². The first-order valence-corrected chi connectivity index (χ1v) is 9.59. The van der Waals surface area contributed by atoms with Crippen LogP contribution in [0.2, 0.25) is 0 Å². The molecule has 1 N–H and O–H groups in total. The van der Waals surface area contributed by atoms with Crippen molar-refractivity contribution in [2.24, 2.45) is 5.92 Å². The zero-order valence-electron chi connectivity index (χ0n) is 14.3. The highest BCUT2D eigenvalue weighted by Gasteiger charge is 2.13. The molecule has 0 aromatic rings. The van der Waals surface area contributed by atoms with E-state index in [0.29, 0.717) is 0 Å². The van der Waals surface area contributed by atoms with E-state index in [-0.39, 0.29) is 5.91 Å². The lowest BCUT2D eigenvalue weighted by molar-refractivity contribution is -0.121. The van der Waals surface area contributed by atoms with Crippen LogP contribution >= 0.6 is 0 Å². The third-order valence-corrected chi connectivity index (χ3v) is 4.86. The van der Waals surface area contributed by atoms with Crippen LogP contribution in [0.25, 0.3) is 0 Å². The quantitative estimate of drug-likeness (QED) is 0.390. The van der Waals surface area contributed by atoms with Gasteiger partial charge in [0, 0.05) is 13.0 Å². The molecule has 2 heteroatoms. The fourth-order valence-corrected chi connectivity index (χ4v) is 3.39. The van der Waals surface area contributed by atoms with Crippen molar-refractivity contribution < 1.29 is 4.79 Å². The molecule has 1 aliphatic carbocycles. The van der Waals surface area contributed by atoms with Gasteiger partial charge in [-0.3, -0.25) is 4.79 Å². The van der Waals surface area contributed by atoms with Gasteiger partial charge in [0.15, 0.2) is 0 Å². The maximum Gasteiger partial charge on any atom is 0.220 e. The van der Waals surface area contributed by atoms with Gasteiger partial charge in [-0.05, 0) is 18.8 Å². The maximum atomic E-state index is 11.8. The summed E-state index contributed by atoms with van der Waals surface area (Å²) in [4.78, 5) is 11.8. The maximum absolute atomic E-state index is 11.8. The monoisotopic (exact) mass is 295 g/mol. The standard InChI is InChI=1S/C19H37NO/c1-2-3-4-5-6-9-12-17-20-19(21)16-15-18-13-10-7-8-11-14-18/h18H,2-17H2,1H3,(H,20,21). The average molecular weight is 296 g/mol. The van der Waals surface area contributed by atoms with E-state index in [2.05, 4.69) is 12.2 Å². The Bertz CT molecular complexity index is 244. The highest BCUT2D eigenvalue weighted by molar-refractivity contribution is 5.75. The van der Waals surface area contributed by atoms with Gasteiger partial charge in [-0.1, -0.05) is 84.0 Å². The molecule has 0 spiro atoms. The first kappa shape index (κ1) is 18.5. The van der Waals surface area contributed by atoms with Crippen LogP contribution in [0.15, 0.2) is 0 Å². The summed E-state index contributed by atoms with van der Waals surface area (Å²) < 4.78 is 0. The Hall–Kier alpha value is -0.530. The molecule has 0 aliphatic heterocycles. The van der Waals surface area contributed by atoms with E-state index in [1.165, 1.54) is 77.0 Å². The molecule has 1 saturated carbocycles. The van der Waals surface area contributed by atoms with Crippen molar-refractivity contribution in [3.05, 3.63) is 0 Å². The number of rotatable bonds is 11. The summed E-state index contributed by atoms with van der Waals surface area (Å²) in [5, 5.41) is 3.10. The van der Waals surface area contributed by atoms with Crippen molar-refractivity contribution in [3.8, 4) is 0 Å². The Labute approximate surface area is 132 Å². The fourth-order valence-electron chi connectivity index (χ4n) is 3.39. The average Bonchev–Trinajstić information content (AvgIpc) is 2.76. The minimum absolute atomic E-state index is 0.283. The molecule has 2 nitrogen and oxygen atoms in total. The summed E-state index contributed by atoms with van der Waals surface area (Å²) >= 11 is 0. The summed E-state index contributed by atoms with van der Waals surface area (Å²) in [6, 6.07) is 0. The molecule has 0 heterocycles. The molecule has 1 amide bonds. The Morgan fingerprint density at radius 3 is 2.19 bits per heavy atom. The van der Waals surface area contributed by atoms with Crippen molar-refractivity contribution in [2.45, 2.75) is 103 Å². The lowest BCUT2D eigenvalue weighted by Crippen LogP contribution is -2.24. The highest BCUT2D eigenvalue weighted by atomic mass is 16.1. The molecular formula is C19H37NO. The summed E-state index contributed by atoms with van der Waals surface area (Å²) in [6.07, 6.45) is 19.3. The van der Waals surface area contributed by atoms with Gasteiger partial charge in [-0.2, -0.15) is 0 Å². The molecule has 0 radical (unpaired) electrons. The van der Waals surface area contributed by atoms with Crippen molar-refractivity contribution in [1.29, 1.82) is 0 Å². The van der Waals surface area contributed by atoms with Gasteiger partial charge in [-0.15, -0.1) is 0 Å². The highest BCUT2D eigenvalue weighted by Crippen LogP contribution is 2.26. The molecule has 1 rings (SSSR count). The first-order valence-electron chi connectivity index (χ1n) is 9.59. The van der Waals surface area contributed by atoms with E-state index in [9.17, 15) is 4.79 Å². The smallest absolute Gasteiger partial charge is 0.220 e. The van der Waals surface area contributed by atoms with Gasteiger partial charge in [0.25, 0.3) is 0 Å². The Kier molecular flexibility index (Phi) is 11.6. The normalized spacial score (nSPS) is 16.6. The van der Waals surface area contributed by atoms with Crippen LogP contribution in [0.5, 0.6) is 0 Å². The van der Waals surface area contributed by atoms with Crippen molar-refractivity contribution >= 4 is 5.91 Å². The van der Waals surface area contributed by atoms with E-state index in [1.807, 2.05) is 0 Å². The van der Waals surface area contributed by atoms with E-state index < -0.39 is 0 Å². The molecule has 0 aromatic heterocycles. The topological polar surface area (TPSA) is 29.1 Å². The molecule has 0 unspecified atom stereocenters. The number of hydrogen-bond donors (Lipinski definition) is 1. The van der Waals surface area contributed by atoms with Gasteiger partial charge >= 0.3 is 0 Å². The van der Waals surface area contributed by atoms with E-state index in [0.717, 1.165) is 31.7 Å². The van der Waals surface area contributed by atoms with Crippen LogP contribution in [0, 0.1) is 5.92 Å². The summed E-state index contributed by atoms with van der Waals surface area (Å²) in [7, 11) is 0. The minimum Gasteiger partial charge on any atom is -0.356 e. The number of carbonyl (C=O) groups excluding carboxylic acids is 1. The third kappa shape index (κ3) is 10.8. The van der Waals surface area contributed by atoms with Gasteiger partial charge < -0.3 is 5.32 Å². The van der Waals surface area contributed by atoms with Crippen LogP contribution < -0.4 is 5.32 Å². The third-order valence-electron chi connectivity index (χ3n) is 4.86. The lowest BCUT2D eigenvalue weighted by atomic mass is 9.95. The van der Waals surface area contributed by atoms with Crippen LogP contribution in [-0.4, -0.2) is 12.5 Å². The molecule has 0 saturated heterocycles. The number of hydrogen-bond acceptors (Lipinski definition) is 1. The Balaban J connectivity index is 1.89. The Morgan fingerprint density at radius 1 is 0.905 bits per heavy atom. The molecule has 21 heavy (non-hydrogen) atoms.